The number of hydrogen-bond acceptors (Lipinski definition) is 3. The maximum Gasteiger partial charge on any atom is 0.310 e. The first kappa shape index (κ1) is 19.6. The minimum atomic E-state index is -0.429. The number of methoxy groups -OCH3 is 1. The molecule has 0 saturated carbocycles. The summed E-state index contributed by atoms with van der Waals surface area (Å²) in [5.74, 6) is -1.21. The number of aryl methyl sites for hydroxylation is 1. The Balaban J connectivity index is 2.16. The van der Waals surface area contributed by atoms with Crippen LogP contribution in [0, 0.1) is 18.7 Å². The van der Waals surface area contributed by atoms with Gasteiger partial charge in [0.25, 0.3) is 5.91 Å². The number of benzene rings is 2. The smallest absolute Gasteiger partial charge is 0.310 e. The van der Waals surface area contributed by atoms with Gasteiger partial charge in [-0.15, -0.1) is 0 Å². The summed E-state index contributed by atoms with van der Waals surface area (Å²) in [6.07, 6.45) is 0.575. The summed E-state index contributed by atoms with van der Waals surface area (Å²) in [6.45, 7) is 4.36. The molecule has 0 aromatic heterocycles. The summed E-state index contributed by atoms with van der Waals surface area (Å²) in [6, 6.07) is 13.6. The summed E-state index contributed by atoms with van der Waals surface area (Å²) in [4.78, 5) is 26.4. The molecule has 26 heavy (non-hydrogen) atoms. The molecule has 2 rings (SSSR count). The lowest BCUT2D eigenvalue weighted by molar-refractivity contribution is -0.145. The molecular weight excluding hydrogens is 333 g/mol. The molecule has 0 N–H and O–H groups in total. The fourth-order valence-corrected chi connectivity index (χ4v) is 2.76. The lowest BCUT2D eigenvalue weighted by Gasteiger charge is -2.25. The van der Waals surface area contributed by atoms with Crippen molar-refractivity contribution >= 4 is 11.9 Å². The molecule has 0 fully saturated rings. The number of amides is 1. The van der Waals surface area contributed by atoms with Crippen LogP contribution in [0.4, 0.5) is 4.39 Å². The van der Waals surface area contributed by atoms with E-state index >= 15 is 0 Å². The van der Waals surface area contributed by atoms with E-state index in [-0.39, 0.29) is 24.2 Å². The fraction of sp³-hybridized carbons (Fsp3) is 0.333. The van der Waals surface area contributed by atoms with Crippen LogP contribution in [0.5, 0.6) is 0 Å². The fourth-order valence-electron chi connectivity index (χ4n) is 2.76. The number of ether oxygens (including phenoxy) is 1. The van der Waals surface area contributed by atoms with Crippen molar-refractivity contribution < 1.29 is 18.7 Å². The van der Waals surface area contributed by atoms with Gasteiger partial charge in [0.2, 0.25) is 0 Å². The van der Waals surface area contributed by atoms with Gasteiger partial charge >= 0.3 is 5.97 Å². The lowest BCUT2D eigenvalue weighted by atomic mass is 10.1. The van der Waals surface area contributed by atoms with Crippen LogP contribution in [0.25, 0.3) is 0 Å². The third-order valence-corrected chi connectivity index (χ3v) is 4.23. The number of nitrogens with zero attached hydrogens (tertiary/aromatic N) is 1. The Hall–Kier alpha value is -2.69. The number of halogens is 1. The average Bonchev–Trinajstić information content (AvgIpc) is 2.64. The van der Waals surface area contributed by atoms with E-state index in [2.05, 4.69) is 0 Å². The average molecular weight is 357 g/mol. The van der Waals surface area contributed by atoms with Gasteiger partial charge in [-0.2, -0.15) is 0 Å². The van der Waals surface area contributed by atoms with E-state index in [1.807, 2.05) is 25.1 Å². The van der Waals surface area contributed by atoms with Crippen LogP contribution < -0.4 is 0 Å². The molecule has 0 radical (unpaired) electrons. The Morgan fingerprint density at radius 2 is 1.85 bits per heavy atom. The predicted octanol–water partition coefficient (Wildman–Crippen LogP) is 3.63. The second-order valence-corrected chi connectivity index (χ2v) is 6.42. The number of hydrogen-bond donors (Lipinski definition) is 0. The minimum Gasteiger partial charge on any atom is -0.469 e. The summed E-state index contributed by atoms with van der Waals surface area (Å²) in [5, 5.41) is 0. The van der Waals surface area contributed by atoms with Gasteiger partial charge in [0, 0.05) is 18.7 Å². The molecule has 0 saturated heterocycles. The van der Waals surface area contributed by atoms with Crippen LogP contribution in [0.1, 0.15) is 28.4 Å². The van der Waals surface area contributed by atoms with Crippen molar-refractivity contribution in [2.45, 2.75) is 20.3 Å². The second kappa shape index (κ2) is 9.13. The van der Waals surface area contributed by atoms with Crippen molar-refractivity contribution in [3.05, 3.63) is 71.0 Å². The van der Waals surface area contributed by atoms with E-state index in [9.17, 15) is 14.0 Å². The molecule has 138 valence electrons. The Bertz CT molecular complexity index is 758. The number of carbonyl (C=O) groups is 2. The molecule has 1 atom stereocenters. The third kappa shape index (κ3) is 5.41. The third-order valence-electron chi connectivity index (χ3n) is 4.23. The normalized spacial score (nSPS) is 11.7. The number of carbonyl (C=O) groups excluding carboxylic acids is 2. The van der Waals surface area contributed by atoms with Crippen LogP contribution in [0.3, 0.4) is 0 Å². The van der Waals surface area contributed by atoms with Crippen molar-refractivity contribution in [3.8, 4) is 0 Å². The first-order chi connectivity index (χ1) is 12.4. The summed E-state index contributed by atoms with van der Waals surface area (Å²) >= 11 is 0. The predicted molar refractivity (Wildman–Crippen MR) is 98.4 cm³/mol. The largest absolute Gasteiger partial charge is 0.469 e. The molecule has 5 heteroatoms. The van der Waals surface area contributed by atoms with Gasteiger partial charge in [-0.1, -0.05) is 36.8 Å². The van der Waals surface area contributed by atoms with Gasteiger partial charge in [0.05, 0.1) is 13.0 Å². The zero-order valence-electron chi connectivity index (χ0n) is 15.4. The zero-order valence-corrected chi connectivity index (χ0v) is 15.4. The van der Waals surface area contributed by atoms with Crippen molar-refractivity contribution in [1.29, 1.82) is 0 Å². The first-order valence-electron chi connectivity index (χ1n) is 8.59. The highest BCUT2D eigenvalue weighted by Crippen LogP contribution is 2.13. The van der Waals surface area contributed by atoms with Crippen molar-refractivity contribution in [2.24, 2.45) is 5.92 Å². The van der Waals surface area contributed by atoms with Crippen LogP contribution in [-0.2, 0) is 16.0 Å². The molecular formula is C21H24FNO3. The molecule has 1 amide bonds. The van der Waals surface area contributed by atoms with E-state index in [1.165, 1.54) is 19.2 Å². The Kier molecular flexibility index (Phi) is 6.89. The van der Waals surface area contributed by atoms with E-state index in [1.54, 1.807) is 30.0 Å². The highest BCUT2D eigenvalue weighted by molar-refractivity contribution is 5.94. The van der Waals surface area contributed by atoms with Gasteiger partial charge < -0.3 is 9.64 Å². The van der Waals surface area contributed by atoms with Crippen molar-refractivity contribution in [3.63, 3.8) is 0 Å². The topological polar surface area (TPSA) is 46.6 Å². The van der Waals surface area contributed by atoms with Gasteiger partial charge in [0.1, 0.15) is 5.82 Å². The van der Waals surface area contributed by atoms with Crippen LogP contribution >= 0.6 is 0 Å². The Labute approximate surface area is 153 Å². The highest BCUT2D eigenvalue weighted by atomic mass is 19.1. The molecule has 1 unspecified atom stereocenters. The SMILES string of the molecule is COC(=O)C(C)CN(CCc1ccc(F)cc1)C(=O)c1cccc(C)c1. The van der Waals surface area contributed by atoms with E-state index in [0.29, 0.717) is 18.5 Å². The monoisotopic (exact) mass is 357 g/mol. The molecule has 0 aliphatic heterocycles. The summed E-state index contributed by atoms with van der Waals surface area (Å²) in [7, 11) is 1.34. The summed E-state index contributed by atoms with van der Waals surface area (Å²) in [5.41, 5.74) is 2.51. The van der Waals surface area contributed by atoms with E-state index in [4.69, 9.17) is 4.74 Å². The van der Waals surface area contributed by atoms with Crippen LogP contribution in [0.15, 0.2) is 48.5 Å². The second-order valence-electron chi connectivity index (χ2n) is 6.42. The molecule has 0 bridgehead atoms. The molecule has 2 aromatic rings. The van der Waals surface area contributed by atoms with Gasteiger partial charge in [-0.3, -0.25) is 9.59 Å². The van der Waals surface area contributed by atoms with Crippen molar-refractivity contribution in [1.82, 2.24) is 4.90 Å². The van der Waals surface area contributed by atoms with Gasteiger partial charge in [-0.05, 0) is 43.2 Å². The Morgan fingerprint density at radius 1 is 1.15 bits per heavy atom. The minimum absolute atomic E-state index is 0.133. The van der Waals surface area contributed by atoms with E-state index in [0.717, 1.165) is 11.1 Å². The maximum absolute atomic E-state index is 13.1. The molecule has 2 aromatic carbocycles. The Morgan fingerprint density at radius 3 is 2.46 bits per heavy atom. The molecule has 0 aliphatic rings. The quantitative estimate of drug-likeness (QED) is 0.711. The van der Waals surface area contributed by atoms with Crippen molar-refractivity contribution in [2.75, 3.05) is 20.2 Å². The number of esters is 1. The number of rotatable bonds is 7. The highest BCUT2D eigenvalue weighted by Gasteiger charge is 2.22. The lowest BCUT2D eigenvalue weighted by Crippen LogP contribution is -2.38. The van der Waals surface area contributed by atoms with Crippen LogP contribution in [-0.4, -0.2) is 37.0 Å². The molecule has 0 aliphatic carbocycles. The van der Waals surface area contributed by atoms with Crippen LogP contribution in [0.2, 0.25) is 0 Å². The maximum atomic E-state index is 13.1. The first-order valence-corrected chi connectivity index (χ1v) is 8.59. The van der Waals surface area contributed by atoms with Gasteiger partial charge in [0.15, 0.2) is 0 Å². The van der Waals surface area contributed by atoms with E-state index < -0.39 is 5.92 Å². The summed E-state index contributed by atoms with van der Waals surface area (Å²) < 4.78 is 17.8. The molecule has 4 nitrogen and oxygen atoms in total. The standard InChI is InChI=1S/C21H24FNO3/c1-15-5-4-6-18(13-15)20(24)23(14-16(2)21(25)26-3)12-11-17-7-9-19(22)10-8-17/h4-10,13,16H,11-12,14H2,1-3H3. The zero-order chi connectivity index (χ0) is 19.1. The molecule has 0 spiro atoms. The van der Waals surface area contributed by atoms with Gasteiger partial charge in [-0.25, -0.2) is 4.39 Å². The molecule has 0 heterocycles.